The van der Waals surface area contributed by atoms with Crippen LogP contribution in [0.3, 0.4) is 0 Å². The molecule has 5 aromatic rings. The van der Waals surface area contributed by atoms with Crippen LogP contribution in [0.4, 0.5) is 0 Å². The van der Waals surface area contributed by atoms with Crippen LogP contribution in [0.5, 0.6) is 11.5 Å². The van der Waals surface area contributed by atoms with E-state index in [1.807, 2.05) is 0 Å². The van der Waals surface area contributed by atoms with E-state index in [0.29, 0.717) is 34.6 Å². The van der Waals surface area contributed by atoms with E-state index in [1.165, 1.54) is 92.8 Å². The van der Waals surface area contributed by atoms with Gasteiger partial charge < -0.3 is 69.7 Å². The second-order valence-electron chi connectivity index (χ2n) is 19.3. The number of rotatable bonds is 31. The van der Waals surface area contributed by atoms with Gasteiger partial charge in [-0.1, -0.05) is 65.3 Å². The predicted molar refractivity (Wildman–Crippen MR) is 295 cm³/mol. The third-order valence-electron chi connectivity index (χ3n) is 12.8. The number of benzene rings is 4. The molecule has 0 saturated heterocycles. The molecule has 0 saturated carbocycles. The van der Waals surface area contributed by atoms with Crippen molar-refractivity contribution >= 4 is 64.8 Å². The number of aryl methyl sites for hydroxylation is 1. The smallest absolute Gasteiger partial charge is 0.248 e. The summed E-state index contributed by atoms with van der Waals surface area (Å²) in [6.07, 6.45) is -0.151. The number of H-pyrrole nitrogens is 1. The number of carbonyl (C=O) groups is 9. The monoisotopic (exact) mass is 1140 g/mol. The number of aliphatic hydroxyl groups is 1. The summed E-state index contributed by atoms with van der Waals surface area (Å²) in [4.78, 5) is 123. The third-order valence-corrected chi connectivity index (χ3v) is 13.1. The van der Waals surface area contributed by atoms with Gasteiger partial charge in [0.1, 0.15) is 53.8 Å². The van der Waals surface area contributed by atoms with E-state index in [1.54, 1.807) is 24.3 Å². The molecule has 0 aliphatic rings. The van der Waals surface area contributed by atoms with Crippen LogP contribution in [0.2, 0.25) is 5.02 Å². The molecule has 26 heteroatoms. The number of aromatic hydroxyl groups is 2. The summed E-state index contributed by atoms with van der Waals surface area (Å²) in [5.74, 6) is -7.71. The summed E-state index contributed by atoms with van der Waals surface area (Å²) in [5.41, 5.74) is 19.5. The number of aromatic amines is 1. The highest BCUT2D eigenvalue weighted by molar-refractivity contribution is 6.30. The molecule has 81 heavy (non-hydrogen) atoms. The van der Waals surface area contributed by atoms with Gasteiger partial charge in [-0.25, -0.2) is 0 Å². The van der Waals surface area contributed by atoms with E-state index in [9.17, 15) is 58.5 Å². The molecule has 432 valence electrons. The van der Waals surface area contributed by atoms with Crippen LogP contribution in [0, 0.1) is 0 Å². The molecule has 0 radical (unpaired) electrons. The molecule has 0 bridgehead atoms. The van der Waals surface area contributed by atoms with Gasteiger partial charge in [0.15, 0.2) is 0 Å². The molecule has 0 fully saturated rings. The van der Waals surface area contributed by atoms with Gasteiger partial charge in [0, 0.05) is 48.9 Å². The molecule has 5 rings (SSSR count). The van der Waals surface area contributed by atoms with Crippen molar-refractivity contribution in [3.8, 4) is 11.5 Å². The summed E-state index contributed by atoms with van der Waals surface area (Å²) >= 11 is 5.99. The first-order valence-electron chi connectivity index (χ1n) is 25.9. The van der Waals surface area contributed by atoms with Crippen LogP contribution in [0.25, 0.3) is 0 Å². The average molecular weight is 1140 g/mol. The van der Waals surface area contributed by atoms with Gasteiger partial charge in [0.2, 0.25) is 53.2 Å². The SMILES string of the molecule is CC(O)C(NC(=O)[C@H](CCCCN)NC(=O)[C@@H](Cc1ccc(C(N)=O)cc1)NC(=O)[C@H](Cc1ccc(O)cc1)NC(=O)[C@@H](C)NC(=O)CCc1ccc(Cl)cc1)C(=O)N[C@@H](Cc1c[nH]nn1)C(=O)N[C@H](Cc1ccc(O)cc1)C(N)=O. The largest absolute Gasteiger partial charge is 0.508 e. The Morgan fingerprint density at radius 1 is 0.556 bits per heavy atom. The Morgan fingerprint density at radius 2 is 1.01 bits per heavy atom. The third kappa shape index (κ3) is 20.7. The average Bonchev–Trinajstić information content (AvgIpc) is 3.95. The number of phenols is 2. The second kappa shape index (κ2) is 31.0. The minimum Gasteiger partial charge on any atom is -0.508 e. The number of aliphatic hydroxyl groups excluding tert-OH is 1. The van der Waals surface area contributed by atoms with Gasteiger partial charge in [-0.05, 0) is 117 Å². The van der Waals surface area contributed by atoms with Crippen molar-refractivity contribution in [3.05, 3.63) is 142 Å². The number of nitrogens with one attached hydrogen (secondary N) is 8. The second-order valence-corrected chi connectivity index (χ2v) is 19.7. The van der Waals surface area contributed by atoms with Crippen molar-refractivity contribution < 1.29 is 58.5 Å². The number of hydrogen-bond acceptors (Lipinski definition) is 15. The van der Waals surface area contributed by atoms with Crippen LogP contribution < -0.4 is 54.4 Å². The molecular weight excluding hydrogens is 1070 g/mol. The van der Waals surface area contributed by atoms with Crippen molar-refractivity contribution in [1.29, 1.82) is 0 Å². The molecule has 0 aliphatic carbocycles. The summed E-state index contributed by atoms with van der Waals surface area (Å²) in [5, 5.41) is 59.4. The quantitative estimate of drug-likeness (QED) is 0.0244. The number of carbonyl (C=O) groups excluding carboxylic acids is 9. The number of unbranched alkanes of at least 4 members (excludes halogenated alkanes) is 1. The molecule has 4 aromatic carbocycles. The van der Waals surface area contributed by atoms with Crippen molar-refractivity contribution in [3.63, 3.8) is 0 Å². The zero-order valence-electron chi connectivity index (χ0n) is 44.5. The first kappa shape index (κ1) is 62.9. The maximum absolute atomic E-state index is 14.6. The van der Waals surface area contributed by atoms with E-state index >= 15 is 0 Å². The van der Waals surface area contributed by atoms with Crippen molar-refractivity contribution in [1.82, 2.24) is 52.6 Å². The number of nitrogens with zero attached hydrogens (tertiary/aromatic N) is 2. The molecule has 1 aromatic heterocycles. The summed E-state index contributed by atoms with van der Waals surface area (Å²) < 4.78 is 0. The molecule has 0 spiro atoms. The maximum Gasteiger partial charge on any atom is 0.248 e. The molecule has 2 unspecified atom stereocenters. The summed E-state index contributed by atoms with van der Waals surface area (Å²) in [7, 11) is 0. The number of primary amides is 2. The highest BCUT2D eigenvalue weighted by Crippen LogP contribution is 2.16. The van der Waals surface area contributed by atoms with Gasteiger partial charge in [-0.3, -0.25) is 48.2 Å². The number of aromatic nitrogens is 3. The molecule has 25 nitrogen and oxygen atoms in total. The van der Waals surface area contributed by atoms with E-state index in [0.717, 1.165) is 5.56 Å². The summed E-state index contributed by atoms with van der Waals surface area (Å²) in [6.45, 7) is 2.82. The predicted octanol–water partition coefficient (Wildman–Crippen LogP) is -0.720. The summed E-state index contributed by atoms with van der Waals surface area (Å²) in [6, 6.07) is 14.2. The van der Waals surface area contributed by atoms with E-state index in [2.05, 4.69) is 52.6 Å². The van der Waals surface area contributed by atoms with Crippen LogP contribution in [-0.4, -0.2) is 139 Å². The molecule has 0 aliphatic heterocycles. The Bertz CT molecular complexity index is 2930. The molecule has 8 atom stereocenters. The van der Waals surface area contributed by atoms with Gasteiger partial charge >= 0.3 is 0 Å². The first-order valence-corrected chi connectivity index (χ1v) is 26.3. The zero-order chi connectivity index (χ0) is 59.2. The normalized spacial score (nSPS) is 14.0. The lowest BCUT2D eigenvalue weighted by Crippen LogP contribution is -2.62. The molecule has 17 N–H and O–H groups in total. The van der Waals surface area contributed by atoms with Crippen molar-refractivity contribution in [2.75, 3.05) is 6.54 Å². The van der Waals surface area contributed by atoms with Crippen LogP contribution in [0.1, 0.15) is 77.8 Å². The Hall–Kier alpha value is -8.94. The number of hydrogen-bond donors (Lipinski definition) is 14. The van der Waals surface area contributed by atoms with Crippen molar-refractivity contribution in [2.45, 2.75) is 120 Å². The fraction of sp³-hybridized carbons (Fsp3) is 0.364. The fourth-order valence-electron chi connectivity index (χ4n) is 8.25. The Morgan fingerprint density at radius 3 is 1.51 bits per heavy atom. The lowest BCUT2D eigenvalue weighted by molar-refractivity contribution is -0.137. The maximum atomic E-state index is 14.6. The van der Waals surface area contributed by atoms with Gasteiger partial charge in [0.05, 0.1) is 11.8 Å². The number of halogens is 1. The van der Waals surface area contributed by atoms with E-state index in [4.69, 9.17) is 28.8 Å². The van der Waals surface area contributed by atoms with E-state index in [-0.39, 0.29) is 74.2 Å². The Labute approximate surface area is 471 Å². The standard InChI is InChI=1S/C55H68ClN13O12/c1-30(61-46(73)23-14-32-8-17-37(56)18-9-32)50(76)64-43(27-35-12-21-40(72)22-13-35)53(79)65-44(26-33-6-15-36(16-7-33)48(58)74)52(78)62-41(5-3-4-24-57)51(77)67-47(31(2)70)55(81)66-45(28-38-29-60-69-68-38)54(80)63-42(49(59)75)25-34-10-19-39(71)20-11-34/h6-13,15-22,29-31,41-45,47,70-72H,3-5,14,23-28,57H2,1-2H3,(H2,58,74)(H2,59,75)(H,61,73)(H,62,78)(H,63,80)(H,64,76)(H,65,79)(H,66,81)(H,67,77)(H,60,68,69)/t30-,31?,41+,42-,43+,44-,45+,47?/m1/s1. The van der Waals surface area contributed by atoms with Gasteiger partial charge in [-0.2, -0.15) is 0 Å². The van der Waals surface area contributed by atoms with Crippen LogP contribution >= 0.6 is 11.6 Å². The lowest BCUT2D eigenvalue weighted by atomic mass is 10.00. The molecular formula is C55H68ClN13O12. The first-order chi connectivity index (χ1) is 38.6. The Kier molecular flexibility index (Phi) is 24.1. The highest BCUT2D eigenvalue weighted by Gasteiger charge is 2.36. The number of nitrogens with two attached hydrogens (primary N) is 3. The van der Waals surface area contributed by atoms with Crippen molar-refractivity contribution in [2.24, 2.45) is 17.2 Å². The van der Waals surface area contributed by atoms with Gasteiger partial charge in [-0.15, -0.1) is 5.10 Å². The minimum atomic E-state index is -1.78. The van der Waals surface area contributed by atoms with Crippen LogP contribution in [-0.2, 0) is 70.5 Å². The lowest BCUT2D eigenvalue weighted by Gasteiger charge is -2.28. The zero-order valence-corrected chi connectivity index (χ0v) is 45.3. The topological polar surface area (TPSA) is 418 Å². The number of amides is 9. The molecule has 1 heterocycles. The molecule has 9 amide bonds. The fourth-order valence-corrected chi connectivity index (χ4v) is 8.37. The van der Waals surface area contributed by atoms with E-state index < -0.39 is 102 Å². The Balaban J connectivity index is 1.38. The van der Waals surface area contributed by atoms with Crippen LogP contribution in [0.15, 0.2) is 103 Å². The minimum absolute atomic E-state index is 0.0283. The van der Waals surface area contributed by atoms with Gasteiger partial charge in [0.25, 0.3) is 0 Å². The number of phenolic OH excluding ortho intramolecular Hbond substituents is 2. The highest BCUT2D eigenvalue weighted by atomic mass is 35.5.